The number of rotatable bonds is 47. The number of H-pyrrole nitrogens is 1. The van der Waals surface area contributed by atoms with Gasteiger partial charge in [0.05, 0.1) is 18.9 Å². The van der Waals surface area contributed by atoms with Crippen LogP contribution >= 0.6 is 0 Å². The number of carbonyl (C=O) groups is 13. The van der Waals surface area contributed by atoms with Crippen molar-refractivity contribution in [2.75, 3.05) is 13.1 Å². The summed E-state index contributed by atoms with van der Waals surface area (Å²) in [4.78, 5) is 187. The maximum Gasteiger partial charge on any atom is 0.326 e. The van der Waals surface area contributed by atoms with Gasteiger partial charge in [0.2, 0.25) is 65.0 Å². The second kappa shape index (κ2) is 45.4. The van der Waals surface area contributed by atoms with E-state index in [-0.39, 0.29) is 95.4 Å². The number of fused-ring (bicyclic) bond motifs is 1. The third-order valence-electron chi connectivity index (χ3n) is 18.6. The van der Waals surface area contributed by atoms with Crippen LogP contribution in [0.25, 0.3) is 10.9 Å². The molecule has 0 bridgehead atoms. The van der Waals surface area contributed by atoms with Gasteiger partial charge in [-0.3, -0.25) is 68.4 Å². The molecule has 6 aromatic rings. The highest BCUT2D eigenvalue weighted by Gasteiger charge is 2.39. The Balaban J connectivity index is 1.29. The Morgan fingerprint density at radius 3 is 1.19 bits per heavy atom. The number of aliphatic carboxylic acids is 2. The number of nitrogens with one attached hydrogen (secondary N) is 15. The van der Waals surface area contributed by atoms with Gasteiger partial charge in [-0.15, -0.1) is 0 Å². The van der Waals surface area contributed by atoms with Gasteiger partial charge in [-0.1, -0.05) is 155 Å². The van der Waals surface area contributed by atoms with Crippen molar-refractivity contribution in [3.05, 3.63) is 174 Å². The van der Waals surface area contributed by atoms with Gasteiger partial charge >= 0.3 is 11.9 Å². The third-order valence-corrected chi connectivity index (χ3v) is 18.6. The summed E-state index contributed by atoms with van der Waals surface area (Å²) in [5.41, 5.74) is 26.5. The van der Waals surface area contributed by atoms with Crippen molar-refractivity contribution < 1.29 is 77.6 Å². The molecule has 612 valence electrons. The molecule has 0 saturated carbocycles. The predicted octanol–water partition coefficient (Wildman–Crippen LogP) is -0.384. The van der Waals surface area contributed by atoms with Crippen LogP contribution in [0.4, 0.5) is 0 Å². The van der Waals surface area contributed by atoms with Crippen LogP contribution in [0.1, 0.15) is 107 Å². The zero-order valence-electron chi connectivity index (χ0n) is 63.9. The number of primary amides is 1. The fraction of sp³-hybridized carbons (Fsp3) is 0.405. The number of guanidine groups is 2. The normalized spacial score (nSPS) is 14.2. The Bertz CT molecular complexity index is 4290. The molecule has 0 fully saturated rings. The number of carbonyl (C=O) groups excluding carboxylic acids is 11. The number of aromatic hydroxyl groups is 1. The summed E-state index contributed by atoms with van der Waals surface area (Å²) < 4.78 is 0. The SMILES string of the molecule is CCC(C)C(NC(=O)C(Cc1ccccc1)NC(=O)C(CCCNC(=N)N)NC(=O)C(CCCNC(=N)N)NC(=O)C(Cc1ccc(O)cc1)NC(=O)C(CC(=O)O)NC(=O)C(N)Cc1c[nH]c2ccccc12)C(=O)NC(Cc1ccccc1)C(=O)NC(CC(N)=O)C(=O)NC(Cc1ccccc1)C(=O)NC(CC(C)C)C(=O)O. The van der Waals surface area contributed by atoms with Crippen LogP contribution in [-0.2, 0) is 94.4 Å². The summed E-state index contributed by atoms with van der Waals surface area (Å²) in [6, 6.07) is 20.7. The number of amides is 11. The monoisotopic (exact) mass is 1580 g/mol. The lowest BCUT2D eigenvalue weighted by atomic mass is 9.96. The summed E-state index contributed by atoms with van der Waals surface area (Å²) in [5, 5.41) is 77.8. The first kappa shape index (κ1) is 89.9. The smallest absolute Gasteiger partial charge is 0.326 e. The van der Waals surface area contributed by atoms with Gasteiger partial charge in [0, 0.05) is 55.9 Å². The molecule has 26 N–H and O–H groups in total. The molecule has 5 aromatic carbocycles. The lowest BCUT2D eigenvalue weighted by Gasteiger charge is -2.30. The first-order chi connectivity index (χ1) is 54.3. The number of aromatic nitrogens is 1. The molecular weight excluding hydrogens is 1470 g/mol. The molecule has 12 atom stereocenters. The number of aromatic amines is 1. The van der Waals surface area contributed by atoms with Gasteiger partial charge in [0.1, 0.15) is 66.2 Å². The van der Waals surface area contributed by atoms with E-state index in [2.05, 4.69) is 68.8 Å². The minimum atomic E-state index is -1.82. The number of carboxylic acids is 2. The Hall–Kier alpha value is -13.0. The van der Waals surface area contributed by atoms with E-state index in [4.69, 9.17) is 33.8 Å². The van der Waals surface area contributed by atoms with Crippen molar-refractivity contribution in [2.24, 2.45) is 34.8 Å². The van der Waals surface area contributed by atoms with Gasteiger partial charge in [-0.05, 0) is 96.4 Å². The van der Waals surface area contributed by atoms with Crippen LogP contribution in [0.15, 0.2) is 146 Å². The molecule has 35 heteroatoms. The summed E-state index contributed by atoms with van der Waals surface area (Å²) in [6.07, 6.45) is -1.31. The number of hydrogen-bond donors (Lipinski definition) is 22. The molecule has 0 aliphatic carbocycles. The summed E-state index contributed by atoms with van der Waals surface area (Å²) in [5.74, 6) is -15.7. The van der Waals surface area contributed by atoms with E-state index in [9.17, 15) is 58.5 Å². The van der Waals surface area contributed by atoms with E-state index in [0.717, 1.165) is 10.9 Å². The van der Waals surface area contributed by atoms with Gasteiger partial charge in [0.15, 0.2) is 11.9 Å². The van der Waals surface area contributed by atoms with E-state index in [1.807, 2.05) is 18.2 Å². The molecule has 0 aliphatic heterocycles. The maximum absolute atomic E-state index is 15.2. The van der Waals surface area contributed by atoms with Crippen LogP contribution < -0.4 is 86.7 Å². The van der Waals surface area contributed by atoms with Crippen LogP contribution in [-0.4, -0.2) is 189 Å². The van der Waals surface area contributed by atoms with Crippen molar-refractivity contribution in [2.45, 2.75) is 178 Å². The van der Waals surface area contributed by atoms with Crippen molar-refractivity contribution in [1.82, 2.24) is 68.8 Å². The largest absolute Gasteiger partial charge is 0.508 e. The quantitative estimate of drug-likeness (QED) is 0.0131. The van der Waals surface area contributed by atoms with Crippen molar-refractivity contribution in [3.63, 3.8) is 0 Å². The van der Waals surface area contributed by atoms with Gasteiger partial charge < -0.3 is 107 Å². The number of phenols is 1. The van der Waals surface area contributed by atoms with E-state index in [0.29, 0.717) is 27.8 Å². The number of carboxylic acid groups (broad SMARTS) is 2. The predicted molar refractivity (Wildman–Crippen MR) is 422 cm³/mol. The van der Waals surface area contributed by atoms with Gasteiger partial charge in [0.25, 0.3) is 0 Å². The zero-order chi connectivity index (χ0) is 83.6. The minimum Gasteiger partial charge on any atom is -0.508 e. The number of benzene rings is 5. The average Bonchev–Trinajstić information content (AvgIpc) is 1.78. The van der Waals surface area contributed by atoms with Crippen LogP contribution in [0.5, 0.6) is 5.75 Å². The van der Waals surface area contributed by atoms with Gasteiger partial charge in [-0.25, -0.2) is 4.79 Å². The molecule has 114 heavy (non-hydrogen) atoms. The van der Waals surface area contributed by atoms with Crippen molar-refractivity contribution in [1.29, 1.82) is 10.8 Å². The number of nitrogens with two attached hydrogens (primary N) is 4. The summed E-state index contributed by atoms with van der Waals surface area (Å²) in [6.45, 7) is 6.83. The van der Waals surface area contributed by atoms with E-state index >= 15 is 19.2 Å². The fourth-order valence-corrected chi connectivity index (χ4v) is 12.4. The Morgan fingerprint density at radius 1 is 0.421 bits per heavy atom. The molecule has 6 rings (SSSR count). The van der Waals surface area contributed by atoms with E-state index < -0.39 is 174 Å². The highest BCUT2D eigenvalue weighted by atomic mass is 16.4. The lowest BCUT2D eigenvalue weighted by molar-refractivity contribution is -0.143. The Kier molecular flexibility index (Phi) is 35.8. The minimum absolute atomic E-state index is 0.0158. The van der Waals surface area contributed by atoms with Crippen LogP contribution in [0, 0.1) is 22.7 Å². The molecule has 1 heterocycles. The van der Waals surface area contributed by atoms with Gasteiger partial charge in [-0.2, -0.15) is 0 Å². The highest BCUT2D eigenvalue weighted by molar-refractivity contribution is 6.01. The Morgan fingerprint density at radius 2 is 0.781 bits per heavy atom. The molecule has 0 aliphatic rings. The molecule has 11 amide bonds. The standard InChI is InChI=1S/C79H105N19O16/c1-5-45(4)66(76(112)96-59(37-47-21-11-7-12-22-47)71(107)95-61(41-64(81)100)73(109)93-57(36-46-19-9-6-10-20-46)72(108)97-63(77(113)114)35-44(2)3)98-75(111)60(38-48-23-13-8-14-24-48)92-69(105)56(28-18-34-87-79(84)85)89-68(104)55(27-17-33-86-78(82)83)90-70(106)58(39-49-29-31-51(99)32-30-49)94-74(110)62(42-65(101)102)91-67(103)53(80)40-50-43-88-54-26-16-15-25-52(50)54/h6-16,19-26,29-32,43-45,53,55-63,66,88,99H,5,17-18,27-28,33-42,80H2,1-4H3,(H2,81,100)(H,89,104)(H,90,106)(H,91,103)(H,92,105)(H,93,109)(H,94,110)(H,95,107)(H,96,112)(H,97,108)(H,98,111)(H,101,102)(H,113,114)(H4,82,83,86)(H4,84,85,87). The summed E-state index contributed by atoms with van der Waals surface area (Å²) >= 11 is 0. The van der Waals surface area contributed by atoms with Crippen molar-refractivity contribution >= 4 is 99.7 Å². The first-order valence-electron chi connectivity index (χ1n) is 37.4. The van der Waals surface area contributed by atoms with Crippen molar-refractivity contribution in [3.8, 4) is 5.75 Å². The number of hydrogen-bond acceptors (Lipinski definition) is 17. The molecular formula is C79H105N19O16. The maximum atomic E-state index is 15.2. The fourth-order valence-electron chi connectivity index (χ4n) is 12.4. The first-order valence-corrected chi connectivity index (χ1v) is 37.4. The molecule has 0 saturated heterocycles. The average molecular weight is 1580 g/mol. The Labute approximate surface area is 659 Å². The second-order valence-corrected chi connectivity index (χ2v) is 28.2. The topological polar surface area (TPSA) is 595 Å². The van der Waals surface area contributed by atoms with Crippen LogP contribution in [0.2, 0.25) is 0 Å². The second-order valence-electron chi connectivity index (χ2n) is 28.2. The van der Waals surface area contributed by atoms with Crippen LogP contribution in [0.3, 0.4) is 0 Å². The van der Waals surface area contributed by atoms with E-state index in [1.54, 1.807) is 131 Å². The lowest BCUT2D eigenvalue weighted by Crippen LogP contribution is -2.62. The highest BCUT2D eigenvalue weighted by Crippen LogP contribution is 2.21. The number of phenolic OH excluding ortho intramolecular Hbond substituents is 1. The molecule has 35 nitrogen and oxygen atoms in total. The van der Waals surface area contributed by atoms with E-state index in [1.165, 1.54) is 24.3 Å². The third kappa shape index (κ3) is 30.4. The molecule has 12 unspecified atom stereocenters. The zero-order valence-corrected chi connectivity index (χ0v) is 63.9. The molecule has 1 aromatic heterocycles. The molecule has 0 radical (unpaired) electrons. The number of para-hydroxylation sites is 1. The molecule has 0 spiro atoms. The summed E-state index contributed by atoms with van der Waals surface area (Å²) in [7, 11) is 0.